The molecule has 1 aliphatic heterocycles. The molecule has 1 heterocycles. The standard InChI is InChI=1S/C23H28N4O2/c1-17-10-12-18(13-11-17)16-26(3)23(24-2)25-14-6-7-15-27-21(28)19-8-4-5-9-20(19)22(27)29/h4-5,8-13H,6-7,14-16H2,1-3H3,(H,24,25). The first-order chi connectivity index (χ1) is 14.0. The number of rotatable bonds is 7. The second kappa shape index (κ2) is 9.37. The molecule has 6 nitrogen and oxygen atoms in total. The average molecular weight is 393 g/mol. The van der Waals surface area contributed by atoms with Crippen LogP contribution in [0.25, 0.3) is 0 Å². The molecule has 2 amide bonds. The Labute approximate surface area is 172 Å². The van der Waals surface area contributed by atoms with Crippen molar-refractivity contribution in [2.75, 3.05) is 27.2 Å². The number of imide groups is 1. The van der Waals surface area contributed by atoms with Gasteiger partial charge < -0.3 is 10.2 Å². The lowest BCUT2D eigenvalue weighted by Gasteiger charge is -2.22. The van der Waals surface area contributed by atoms with E-state index in [1.165, 1.54) is 16.0 Å². The van der Waals surface area contributed by atoms with Crippen molar-refractivity contribution < 1.29 is 9.59 Å². The quantitative estimate of drug-likeness (QED) is 0.340. The third-order valence-electron chi connectivity index (χ3n) is 5.08. The third kappa shape index (κ3) is 4.83. The van der Waals surface area contributed by atoms with Gasteiger partial charge in [0.15, 0.2) is 5.96 Å². The van der Waals surface area contributed by atoms with Gasteiger partial charge >= 0.3 is 0 Å². The SMILES string of the molecule is CN=C(NCCCCN1C(=O)c2ccccc2C1=O)N(C)Cc1ccc(C)cc1. The zero-order valence-electron chi connectivity index (χ0n) is 17.3. The highest BCUT2D eigenvalue weighted by Crippen LogP contribution is 2.22. The summed E-state index contributed by atoms with van der Waals surface area (Å²) in [7, 11) is 3.78. The van der Waals surface area contributed by atoms with Crippen molar-refractivity contribution in [1.82, 2.24) is 15.1 Å². The van der Waals surface area contributed by atoms with Crippen LogP contribution in [-0.4, -0.2) is 54.8 Å². The number of guanidine groups is 1. The highest BCUT2D eigenvalue weighted by atomic mass is 16.2. The minimum atomic E-state index is -0.188. The number of nitrogens with zero attached hydrogens (tertiary/aromatic N) is 3. The van der Waals surface area contributed by atoms with Gasteiger partial charge in [0.25, 0.3) is 11.8 Å². The molecule has 6 heteroatoms. The Hall–Kier alpha value is -3.15. The van der Waals surface area contributed by atoms with Crippen LogP contribution in [0.5, 0.6) is 0 Å². The van der Waals surface area contributed by atoms with E-state index in [2.05, 4.69) is 46.4 Å². The van der Waals surface area contributed by atoms with E-state index in [1.54, 1.807) is 31.3 Å². The lowest BCUT2D eigenvalue weighted by molar-refractivity contribution is 0.0652. The number of fused-ring (bicyclic) bond motifs is 1. The van der Waals surface area contributed by atoms with E-state index >= 15 is 0 Å². The van der Waals surface area contributed by atoms with E-state index in [-0.39, 0.29) is 11.8 Å². The number of nitrogens with one attached hydrogen (secondary N) is 1. The van der Waals surface area contributed by atoms with Crippen molar-refractivity contribution in [2.24, 2.45) is 4.99 Å². The first kappa shape index (κ1) is 20.6. The highest BCUT2D eigenvalue weighted by molar-refractivity contribution is 6.21. The van der Waals surface area contributed by atoms with Gasteiger partial charge in [-0.1, -0.05) is 42.0 Å². The molecule has 2 aromatic carbocycles. The minimum Gasteiger partial charge on any atom is -0.356 e. The zero-order chi connectivity index (χ0) is 20.8. The first-order valence-electron chi connectivity index (χ1n) is 9.94. The Balaban J connectivity index is 1.42. The summed E-state index contributed by atoms with van der Waals surface area (Å²) in [4.78, 5) is 32.5. The minimum absolute atomic E-state index is 0.188. The molecule has 0 aliphatic carbocycles. The molecular formula is C23H28N4O2. The maximum Gasteiger partial charge on any atom is 0.261 e. The normalized spacial score (nSPS) is 13.6. The van der Waals surface area contributed by atoms with Crippen molar-refractivity contribution in [3.05, 3.63) is 70.8 Å². The van der Waals surface area contributed by atoms with Crippen LogP contribution < -0.4 is 5.32 Å². The summed E-state index contributed by atoms with van der Waals surface area (Å²) in [6.07, 6.45) is 1.59. The molecule has 152 valence electrons. The van der Waals surface area contributed by atoms with Gasteiger partial charge in [-0.3, -0.25) is 19.5 Å². The zero-order valence-corrected chi connectivity index (χ0v) is 17.3. The molecule has 0 atom stereocenters. The number of benzene rings is 2. The largest absolute Gasteiger partial charge is 0.356 e. The van der Waals surface area contributed by atoms with Crippen molar-refractivity contribution in [3.63, 3.8) is 0 Å². The van der Waals surface area contributed by atoms with Gasteiger partial charge in [-0.2, -0.15) is 0 Å². The van der Waals surface area contributed by atoms with E-state index in [9.17, 15) is 9.59 Å². The van der Waals surface area contributed by atoms with Gasteiger partial charge in [0.05, 0.1) is 11.1 Å². The van der Waals surface area contributed by atoms with Gasteiger partial charge in [0.1, 0.15) is 0 Å². The second-order valence-electron chi connectivity index (χ2n) is 7.33. The Morgan fingerprint density at radius 2 is 1.62 bits per heavy atom. The summed E-state index contributed by atoms with van der Waals surface area (Å²) in [6, 6.07) is 15.5. The lowest BCUT2D eigenvalue weighted by atomic mass is 10.1. The fourth-order valence-electron chi connectivity index (χ4n) is 3.46. The lowest BCUT2D eigenvalue weighted by Crippen LogP contribution is -2.39. The van der Waals surface area contributed by atoms with Crippen LogP contribution in [0.2, 0.25) is 0 Å². The van der Waals surface area contributed by atoms with E-state index < -0.39 is 0 Å². The Morgan fingerprint density at radius 3 is 2.21 bits per heavy atom. The monoisotopic (exact) mass is 392 g/mol. The Bertz CT molecular complexity index is 870. The van der Waals surface area contributed by atoms with Gasteiger partial charge in [0, 0.05) is 33.7 Å². The molecule has 0 spiro atoms. The predicted octanol–water partition coefficient (Wildman–Crippen LogP) is 3.08. The molecule has 1 aliphatic rings. The van der Waals surface area contributed by atoms with Crippen LogP contribution in [0.1, 0.15) is 44.7 Å². The van der Waals surface area contributed by atoms with Crippen LogP contribution in [0.15, 0.2) is 53.5 Å². The van der Waals surface area contributed by atoms with Crippen LogP contribution in [0.3, 0.4) is 0 Å². The number of unbranched alkanes of at least 4 members (excludes halogenated alkanes) is 1. The molecule has 2 aromatic rings. The van der Waals surface area contributed by atoms with Gasteiger partial charge in [-0.15, -0.1) is 0 Å². The molecule has 3 rings (SSSR count). The van der Waals surface area contributed by atoms with Crippen LogP contribution >= 0.6 is 0 Å². The van der Waals surface area contributed by atoms with Gasteiger partial charge in [-0.25, -0.2) is 0 Å². The number of aryl methyl sites for hydroxylation is 1. The van der Waals surface area contributed by atoms with Crippen LogP contribution in [0.4, 0.5) is 0 Å². The number of hydrogen-bond acceptors (Lipinski definition) is 3. The fraction of sp³-hybridized carbons (Fsp3) is 0.348. The topological polar surface area (TPSA) is 65.0 Å². The summed E-state index contributed by atoms with van der Waals surface area (Å²) in [6.45, 7) is 4.02. The van der Waals surface area contributed by atoms with E-state index in [4.69, 9.17) is 0 Å². The number of amides is 2. The first-order valence-corrected chi connectivity index (χ1v) is 9.94. The number of aliphatic imine (C=N–C) groups is 1. The molecule has 0 saturated carbocycles. The molecule has 0 aromatic heterocycles. The summed E-state index contributed by atoms with van der Waals surface area (Å²) in [5, 5.41) is 3.35. The van der Waals surface area contributed by atoms with E-state index in [0.29, 0.717) is 17.7 Å². The maximum atomic E-state index is 12.4. The van der Waals surface area contributed by atoms with Gasteiger partial charge in [-0.05, 0) is 37.5 Å². The average Bonchev–Trinajstić information content (AvgIpc) is 2.97. The molecular weight excluding hydrogens is 364 g/mol. The second-order valence-corrected chi connectivity index (χ2v) is 7.33. The number of hydrogen-bond donors (Lipinski definition) is 1. The summed E-state index contributed by atoms with van der Waals surface area (Å²) in [5.74, 6) is 0.450. The molecule has 0 radical (unpaired) electrons. The summed E-state index contributed by atoms with van der Waals surface area (Å²) < 4.78 is 0. The summed E-state index contributed by atoms with van der Waals surface area (Å²) in [5.41, 5.74) is 3.49. The van der Waals surface area contributed by atoms with Crippen molar-refractivity contribution in [1.29, 1.82) is 0 Å². The predicted molar refractivity (Wildman–Crippen MR) is 115 cm³/mol. The highest BCUT2D eigenvalue weighted by Gasteiger charge is 2.34. The number of carbonyl (C=O) groups excluding carboxylic acids is 2. The molecule has 29 heavy (non-hydrogen) atoms. The molecule has 0 saturated heterocycles. The van der Waals surface area contributed by atoms with Crippen molar-refractivity contribution >= 4 is 17.8 Å². The van der Waals surface area contributed by atoms with E-state index in [1.807, 2.05) is 7.05 Å². The van der Waals surface area contributed by atoms with Crippen LogP contribution in [0, 0.1) is 6.92 Å². The van der Waals surface area contributed by atoms with Crippen molar-refractivity contribution in [3.8, 4) is 0 Å². The smallest absolute Gasteiger partial charge is 0.261 e. The third-order valence-corrected chi connectivity index (χ3v) is 5.08. The molecule has 0 fully saturated rings. The van der Waals surface area contributed by atoms with E-state index in [0.717, 1.165) is 31.9 Å². The van der Waals surface area contributed by atoms with Crippen molar-refractivity contribution in [2.45, 2.75) is 26.3 Å². The summed E-state index contributed by atoms with van der Waals surface area (Å²) >= 11 is 0. The molecule has 0 unspecified atom stereocenters. The number of carbonyl (C=O) groups is 2. The maximum absolute atomic E-state index is 12.4. The van der Waals surface area contributed by atoms with Crippen LogP contribution in [-0.2, 0) is 6.54 Å². The molecule has 0 bridgehead atoms. The fourth-order valence-corrected chi connectivity index (χ4v) is 3.46. The molecule has 1 N–H and O–H groups in total. The van der Waals surface area contributed by atoms with Gasteiger partial charge in [0.2, 0.25) is 0 Å². The Kier molecular flexibility index (Phi) is 6.65. The Morgan fingerprint density at radius 1 is 1.00 bits per heavy atom.